The van der Waals surface area contributed by atoms with Gasteiger partial charge in [-0.2, -0.15) is 5.10 Å². The molecule has 2 N–H and O–H groups in total. The molecule has 0 aliphatic rings. The van der Waals surface area contributed by atoms with Crippen LogP contribution in [0.1, 0.15) is 45.5 Å². The number of halogens is 1. The summed E-state index contributed by atoms with van der Waals surface area (Å²) in [5, 5.41) is 5.29. The molecule has 1 aromatic rings. The zero-order chi connectivity index (χ0) is 12.3. The Bertz CT molecular complexity index is 355. The molecule has 1 rings (SSSR count). The van der Waals surface area contributed by atoms with Crippen molar-refractivity contribution in [1.29, 1.82) is 0 Å². The second-order valence-corrected chi connectivity index (χ2v) is 4.94. The molecule has 3 nitrogen and oxygen atoms in total. The smallest absolute Gasteiger partial charge is 0.0850 e. The van der Waals surface area contributed by atoms with Crippen LogP contribution in [0.5, 0.6) is 0 Å². The van der Waals surface area contributed by atoms with Crippen LogP contribution in [-0.2, 0) is 19.4 Å². The average Bonchev–Trinajstić information content (AvgIpc) is 2.55. The molecule has 0 aliphatic heterocycles. The zero-order valence-electron chi connectivity index (χ0n) is 10.7. The van der Waals surface area contributed by atoms with Gasteiger partial charge in [0.05, 0.1) is 16.4 Å². The van der Waals surface area contributed by atoms with Crippen molar-refractivity contribution in [3.63, 3.8) is 0 Å². The van der Waals surface area contributed by atoms with Crippen molar-refractivity contribution in [2.45, 2.75) is 59.0 Å². The van der Waals surface area contributed by atoms with Crippen molar-refractivity contribution < 1.29 is 0 Å². The van der Waals surface area contributed by atoms with Crippen molar-refractivity contribution in [2.75, 3.05) is 0 Å². The quantitative estimate of drug-likeness (QED) is 0.864. The second kappa shape index (κ2) is 5.19. The van der Waals surface area contributed by atoms with Crippen LogP contribution in [0, 0.1) is 0 Å². The van der Waals surface area contributed by atoms with Gasteiger partial charge in [0.15, 0.2) is 0 Å². The van der Waals surface area contributed by atoms with Crippen molar-refractivity contribution >= 4 is 11.6 Å². The van der Waals surface area contributed by atoms with Crippen LogP contribution in [0.15, 0.2) is 0 Å². The summed E-state index contributed by atoms with van der Waals surface area (Å²) in [6.07, 6.45) is 2.58. The summed E-state index contributed by atoms with van der Waals surface area (Å²) in [7, 11) is 0. The van der Waals surface area contributed by atoms with Crippen LogP contribution in [-0.4, -0.2) is 15.3 Å². The molecule has 0 aromatic carbocycles. The molecule has 1 unspecified atom stereocenters. The molecule has 4 heteroatoms. The third kappa shape index (κ3) is 2.77. The lowest BCUT2D eigenvalue weighted by Crippen LogP contribution is -2.38. The molecule has 0 fully saturated rings. The van der Waals surface area contributed by atoms with E-state index in [9.17, 15) is 0 Å². The van der Waals surface area contributed by atoms with Gasteiger partial charge in [-0.05, 0) is 26.7 Å². The molecule has 1 aromatic heterocycles. The third-order valence-corrected chi connectivity index (χ3v) is 3.51. The van der Waals surface area contributed by atoms with Crippen LogP contribution in [0.3, 0.4) is 0 Å². The van der Waals surface area contributed by atoms with Gasteiger partial charge in [-0.3, -0.25) is 4.68 Å². The van der Waals surface area contributed by atoms with E-state index in [1.165, 1.54) is 0 Å². The normalized spacial score (nSPS) is 15.1. The number of aryl methyl sites for hydroxylation is 2. The minimum Gasteiger partial charge on any atom is -0.325 e. The van der Waals surface area contributed by atoms with Crippen molar-refractivity contribution in [3.8, 4) is 0 Å². The highest BCUT2D eigenvalue weighted by Gasteiger charge is 2.23. The van der Waals surface area contributed by atoms with E-state index >= 15 is 0 Å². The molecule has 0 amide bonds. The first kappa shape index (κ1) is 13.5. The second-order valence-electron chi connectivity index (χ2n) is 4.56. The van der Waals surface area contributed by atoms with Gasteiger partial charge in [0.2, 0.25) is 0 Å². The van der Waals surface area contributed by atoms with E-state index in [1.54, 1.807) is 0 Å². The maximum Gasteiger partial charge on any atom is 0.0850 e. The summed E-state index contributed by atoms with van der Waals surface area (Å²) in [5.41, 5.74) is 8.04. The highest BCUT2D eigenvalue weighted by molar-refractivity contribution is 6.31. The van der Waals surface area contributed by atoms with Crippen molar-refractivity contribution in [2.24, 2.45) is 5.73 Å². The zero-order valence-corrected chi connectivity index (χ0v) is 11.4. The van der Waals surface area contributed by atoms with E-state index < -0.39 is 0 Å². The molecule has 0 saturated carbocycles. The average molecular weight is 244 g/mol. The van der Waals surface area contributed by atoms with Gasteiger partial charge in [0.1, 0.15) is 0 Å². The summed E-state index contributed by atoms with van der Waals surface area (Å²) in [6, 6.07) is 0. The van der Waals surface area contributed by atoms with E-state index in [4.69, 9.17) is 17.3 Å². The molecular weight excluding hydrogens is 222 g/mol. The fraction of sp³-hybridized carbons (Fsp3) is 0.750. The largest absolute Gasteiger partial charge is 0.325 e. The topological polar surface area (TPSA) is 43.8 Å². The van der Waals surface area contributed by atoms with E-state index in [1.807, 2.05) is 4.68 Å². The van der Waals surface area contributed by atoms with Gasteiger partial charge in [0.25, 0.3) is 0 Å². The van der Waals surface area contributed by atoms with Crippen LogP contribution in [0.4, 0.5) is 0 Å². The lowest BCUT2D eigenvalue weighted by Gasteiger charge is -2.23. The van der Waals surface area contributed by atoms with Crippen molar-refractivity contribution in [3.05, 3.63) is 16.4 Å². The van der Waals surface area contributed by atoms with Gasteiger partial charge in [-0.1, -0.05) is 25.4 Å². The SMILES string of the molecule is CCc1nn(CC)c(CC(C)(N)CC)c1Cl. The van der Waals surface area contributed by atoms with E-state index in [-0.39, 0.29) is 5.54 Å². The van der Waals surface area contributed by atoms with Gasteiger partial charge in [0, 0.05) is 18.5 Å². The first-order chi connectivity index (χ1) is 7.45. The Morgan fingerprint density at radius 3 is 2.44 bits per heavy atom. The first-order valence-corrected chi connectivity index (χ1v) is 6.35. The van der Waals surface area contributed by atoms with Crippen LogP contribution < -0.4 is 5.73 Å². The van der Waals surface area contributed by atoms with Crippen LogP contribution >= 0.6 is 11.6 Å². The highest BCUT2D eigenvalue weighted by atomic mass is 35.5. The minimum absolute atomic E-state index is 0.207. The summed E-state index contributed by atoms with van der Waals surface area (Å²) >= 11 is 6.33. The molecule has 0 aliphatic carbocycles. The maximum atomic E-state index is 6.33. The maximum absolute atomic E-state index is 6.33. The van der Waals surface area contributed by atoms with Crippen LogP contribution in [0.2, 0.25) is 5.02 Å². The Morgan fingerprint density at radius 2 is 2.00 bits per heavy atom. The lowest BCUT2D eigenvalue weighted by atomic mass is 9.94. The van der Waals surface area contributed by atoms with Gasteiger partial charge < -0.3 is 5.73 Å². The summed E-state index contributed by atoms with van der Waals surface area (Å²) < 4.78 is 1.97. The predicted molar refractivity (Wildman–Crippen MR) is 68.9 cm³/mol. The minimum atomic E-state index is -0.207. The molecular formula is C12H22ClN3. The Balaban J connectivity index is 3.06. The number of hydrogen-bond donors (Lipinski definition) is 1. The molecule has 92 valence electrons. The van der Waals surface area contributed by atoms with E-state index in [0.717, 1.165) is 42.2 Å². The summed E-state index contributed by atoms with van der Waals surface area (Å²) in [4.78, 5) is 0. The fourth-order valence-electron chi connectivity index (χ4n) is 1.69. The fourth-order valence-corrected chi connectivity index (χ4v) is 2.03. The number of nitrogens with zero attached hydrogens (tertiary/aromatic N) is 2. The Kier molecular flexibility index (Phi) is 4.39. The Hall–Kier alpha value is -0.540. The van der Waals surface area contributed by atoms with E-state index in [2.05, 4.69) is 32.8 Å². The van der Waals surface area contributed by atoms with E-state index in [0.29, 0.717) is 0 Å². The number of nitrogens with two attached hydrogens (primary N) is 1. The first-order valence-electron chi connectivity index (χ1n) is 5.98. The number of aromatic nitrogens is 2. The highest BCUT2D eigenvalue weighted by Crippen LogP contribution is 2.25. The van der Waals surface area contributed by atoms with Gasteiger partial charge in [-0.15, -0.1) is 0 Å². The number of rotatable bonds is 5. The summed E-state index contributed by atoms with van der Waals surface area (Å²) in [6.45, 7) is 9.14. The van der Waals surface area contributed by atoms with Gasteiger partial charge >= 0.3 is 0 Å². The molecule has 16 heavy (non-hydrogen) atoms. The standard InChI is InChI=1S/C12H22ClN3/c1-5-9-11(13)10(16(7-3)15-9)8-12(4,14)6-2/h5-8,14H2,1-4H3. The Labute approximate surface area is 103 Å². The van der Waals surface area contributed by atoms with Gasteiger partial charge in [-0.25, -0.2) is 0 Å². The molecule has 1 heterocycles. The Morgan fingerprint density at radius 1 is 1.38 bits per heavy atom. The molecule has 0 saturated heterocycles. The summed E-state index contributed by atoms with van der Waals surface area (Å²) in [5.74, 6) is 0. The predicted octanol–water partition coefficient (Wildman–Crippen LogP) is 2.79. The number of hydrogen-bond acceptors (Lipinski definition) is 2. The molecule has 1 atom stereocenters. The van der Waals surface area contributed by atoms with Crippen molar-refractivity contribution in [1.82, 2.24) is 9.78 Å². The lowest BCUT2D eigenvalue weighted by molar-refractivity contribution is 0.431. The molecule has 0 radical (unpaired) electrons. The van der Waals surface area contributed by atoms with Crippen LogP contribution in [0.25, 0.3) is 0 Å². The molecule has 0 spiro atoms. The third-order valence-electron chi connectivity index (χ3n) is 3.07. The molecule has 0 bridgehead atoms. The monoisotopic (exact) mass is 243 g/mol.